The average molecular weight is 523 g/mol. The Morgan fingerprint density at radius 3 is 1.79 bits per heavy atom. The first-order chi connectivity index (χ1) is 19.2. The summed E-state index contributed by atoms with van der Waals surface area (Å²) in [7, 11) is 1.63. The Bertz CT molecular complexity index is 1580. The van der Waals surface area contributed by atoms with E-state index in [0.29, 0.717) is 48.5 Å². The summed E-state index contributed by atoms with van der Waals surface area (Å²) in [6, 6.07) is 18.8. The van der Waals surface area contributed by atoms with Crippen molar-refractivity contribution in [3.05, 3.63) is 78.6 Å². The van der Waals surface area contributed by atoms with Gasteiger partial charge in [0.25, 0.3) is 0 Å². The number of hydrogen-bond acceptors (Lipinski definition) is 8. The molecule has 4 heterocycles. The molecule has 0 bridgehead atoms. The van der Waals surface area contributed by atoms with Crippen LogP contribution in [0.15, 0.2) is 73.1 Å². The zero-order valence-electron chi connectivity index (χ0n) is 21.2. The number of nitrogens with zero attached hydrogens (tertiary/aromatic N) is 4. The zero-order valence-corrected chi connectivity index (χ0v) is 21.2. The first-order valence-electron chi connectivity index (χ1n) is 12.5. The molecule has 0 amide bonds. The lowest BCUT2D eigenvalue weighted by atomic mass is 10.2. The maximum absolute atomic E-state index is 9.32. The number of aromatic amines is 2. The van der Waals surface area contributed by atoms with Crippen LogP contribution in [0.1, 0.15) is 12.0 Å². The fraction of sp³-hybridized carbons (Fsp3) is 0.172. The summed E-state index contributed by atoms with van der Waals surface area (Å²) in [5.41, 5.74) is 5.69. The normalized spacial score (nSPS) is 11.2. The third kappa shape index (κ3) is 5.36. The van der Waals surface area contributed by atoms with E-state index in [4.69, 9.17) is 14.2 Å². The predicted molar refractivity (Wildman–Crippen MR) is 147 cm³/mol. The standard InChI is InChI=1S/C29H26N6O4/c1-37-19-4-8-23-27(14-19)35-29(33-23)25-10-6-21(16-31-25)39-12-2-11-38-20-5-9-24(30-15-20)28-32-22-7-3-18(17-36)13-26(22)34-28/h3-10,13-16,36H,2,11-12,17H2,1H3,(H,32,34)(H,33,35). The van der Waals surface area contributed by atoms with Gasteiger partial charge in [0.05, 0.1) is 61.4 Å². The van der Waals surface area contributed by atoms with E-state index in [2.05, 4.69) is 29.9 Å². The lowest BCUT2D eigenvalue weighted by Crippen LogP contribution is -2.05. The quantitative estimate of drug-likeness (QED) is 0.216. The van der Waals surface area contributed by atoms with Gasteiger partial charge in [-0.05, 0) is 54.1 Å². The molecule has 3 N–H and O–H groups in total. The summed E-state index contributed by atoms with van der Waals surface area (Å²) in [6.45, 7) is 0.964. The molecule has 0 aliphatic rings. The van der Waals surface area contributed by atoms with Crippen LogP contribution in [0.3, 0.4) is 0 Å². The molecule has 6 aromatic rings. The number of H-pyrrole nitrogens is 2. The van der Waals surface area contributed by atoms with Gasteiger partial charge in [-0.3, -0.25) is 0 Å². The number of pyridine rings is 2. The highest BCUT2D eigenvalue weighted by Gasteiger charge is 2.09. The molecule has 0 radical (unpaired) electrons. The minimum atomic E-state index is -0.0171. The monoisotopic (exact) mass is 522 g/mol. The Hall–Kier alpha value is -4.96. The van der Waals surface area contributed by atoms with E-state index >= 15 is 0 Å². The topological polar surface area (TPSA) is 131 Å². The van der Waals surface area contributed by atoms with Crippen LogP contribution in [0.2, 0.25) is 0 Å². The number of hydrogen-bond donors (Lipinski definition) is 3. The first kappa shape index (κ1) is 24.4. The number of fused-ring (bicyclic) bond motifs is 2. The van der Waals surface area contributed by atoms with Gasteiger partial charge in [-0.2, -0.15) is 0 Å². The highest BCUT2D eigenvalue weighted by Crippen LogP contribution is 2.24. The number of ether oxygens (including phenoxy) is 3. The van der Waals surface area contributed by atoms with Crippen LogP contribution in [0.4, 0.5) is 0 Å². The van der Waals surface area contributed by atoms with Crippen molar-refractivity contribution in [1.29, 1.82) is 0 Å². The summed E-state index contributed by atoms with van der Waals surface area (Å²) in [5.74, 6) is 3.47. The second-order valence-corrected chi connectivity index (χ2v) is 8.87. The number of aromatic nitrogens is 6. The van der Waals surface area contributed by atoms with Crippen molar-refractivity contribution in [2.24, 2.45) is 0 Å². The van der Waals surface area contributed by atoms with Crippen LogP contribution < -0.4 is 14.2 Å². The lowest BCUT2D eigenvalue weighted by molar-refractivity contribution is 0.246. The number of aliphatic hydroxyl groups excluding tert-OH is 1. The Balaban J connectivity index is 0.980. The molecule has 6 rings (SSSR count). The van der Waals surface area contributed by atoms with Crippen LogP contribution in [0, 0.1) is 0 Å². The van der Waals surface area contributed by atoms with E-state index < -0.39 is 0 Å². The summed E-state index contributed by atoms with van der Waals surface area (Å²) in [6.07, 6.45) is 4.07. The van der Waals surface area contributed by atoms with Crippen molar-refractivity contribution in [3.63, 3.8) is 0 Å². The van der Waals surface area contributed by atoms with Gasteiger partial charge in [-0.15, -0.1) is 0 Å². The van der Waals surface area contributed by atoms with Crippen molar-refractivity contribution in [1.82, 2.24) is 29.9 Å². The summed E-state index contributed by atoms with van der Waals surface area (Å²) < 4.78 is 16.9. The molecule has 196 valence electrons. The number of imidazole rings is 2. The van der Waals surface area contributed by atoms with E-state index in [1.807, 2.05) is 60.7 Å². The molecule has 0 unspecified atom stereocenters. The Morgan fingerprint density at radius 2 is 1.26 bits per heavy atom. The van der Waals surface area contributed by atoms with E-state index in [1.165, 1.54) is 0 Å². The highest BCUT2D eigenvalue weighted by atomic mass is 16.5. The van der Waals surface area contributed by atoms with Crippen molar-refractivity contribution < 1.29 is 19.3 Å². The van der Waals surface area contributed by atoms with Crippen LogP contribution in [-0.4, -0.2) is 55.3 Å². The van der Waals surface area contributed by atoms with Crippen molar-refractivity contribution >= 4 is 22.1 Å². The molecular weight excluding hydrogens is 496 g/mol. The molecule has 0 fully saturated rings. The second kappa shape index (κ2) is 10.8. The molecule has 4 aromatic heterocycles. The average Bonchev–Trinajstić information content (AvgIpc) is 3.61. The van der Waals surface area contributed by atoms with Gasteiger partial charge in [0.15, 0.2) is 11.6 Å². The van der Waals surface area contributed by atoms with Crippen molar-refractivity contribution in [2.45, 2.75) is 13.0 Å². The Labute approximate surface area is 223 Å². The van der Waals surface area contributed by atoms with Gasteiger partial charge < -0.3 is 29.3 Å². The second-order valence-electron chi connectivity index (χ2n) is 8.87. The molecule has 10 heteroatoms. The minimum absolute atomic E-state index is 0.0171. The van der Waals surface area contributed by atoms with Gasteiger partial charge in [0, 0.05) is 12.5 Å². The SMILES string of the molecule is COc1ccc2[nH]c(-c3ccc(OCCCOc4ccc(-c5nc6cc(CO)ccc6[nH]5)nc4)cn3)nc2c1. The number of nitrogens with one attached hydrogen (secondary N) is 2. The Morgan fingerprint density at radius 1 is 0.692 bits per heavy atom. The number of rotatable bonds is 10. The molecule has 0 aliphatic carbocycles. The molecule has 0 atom stereocenters. The molecule has 0 saturated carbocycles. The van der Waals surface area contributed by atoms with Gasteiger partial charge in [0.2, 0.25) is 0 Å². The largest absolute Gasteiger partial charge is 0.497 e. The van der Waals surface area contributed by atoms with Gasteiger partial charge in [-0.25, -0.2) is 19.9 Å². The minimum Gasteiger partial charge on any atom is -0.497 e. The third-order valence-electron chi connectivity index (χ3n) is 6.20. The lowest BCUT2D eigenvalue weighted by Gasteiger charge is -2.08. The maximum atomic E-state index is 9.32. The third-order valence-corrected chi connectivity index (χ3v) is 6.20. The molecule has 2 aromatic carbocycles. The summed E-state index contributed by atoms with van der Waals surface area (Å²) >= 11 is 0. The summed E-state index contributed by atoms with van der Waals surface area (Å²) in [5, 5.41) is 9.32. The van der Waals surface area contributed by atoms with E-state index in [-0.39, 0.29) is 6.61 Å². The van der Waals surface area contributed by atoms with Crippen molar-refractivity contribution in [3.8, 4) is 40.3 Å². The van der Waals surface area contributed by atoms with Crippen LogP contribution in [0.5, 0.6) is 17.2 Å². The number of benzene rings is 2. The van der Waals surface area contributed by atoms with Crippen LogP contribution in [0.25, 0.3) is 45.1 Å². The molecular formula is C29H26N6O4. The number of aliphatic hydroxyl groups is 1. The van der Waals surface area contributed by atoms with E-state index in [9.17, 15) is 5.11 Å². The fourth-order valence-electron chi connectivity index (χ4n) is 4.16. The molecule has 0 saturated heterocycles. The summed E-state index contributed by atoms with van der Waals surface area (Å²) in [4.78, 5) is 24.7. The predicted octanol–water partition coefficient (Wildman–Crippen LogP) is 4.91. The first-order valence-corrected chi connectivity index (χ1v) is 12.5. The van der Waals surface area contributed by atoms with E-state index in [1.54, 1.807) is 19.5 Å². The number of methoxy groups -OCH3 is 1. The van der Waals surface area contributed by atoms with Gasteiger partial charge in [0.1, 0.15) is 28.6 Å². The van der Waals surface area contributed by atoms with Gasteiger partial charge in [-0.1, -0.05) is 6.07 Å². The Kier molecular flexibility index (Phi) is 6.75. The molecule has 0 aliphatic heterocycles. The van der Waals surface area contributed by atoms with Crippen molar-refractivity contribution in [2.75, 3.05) is 20.3 Å². The zero-order chi connectivity index (χ0) is 26.6. The van der Waals surface area contributed by atoms with Crippen LogP contribution >= 0.6 is 0 Å². The molecule has 39 heavy (non-hydrogen) atoms. The van der Waals surface area contributed by atoms with E-state index in [0.717, 1.165) is 39.1 Å². The highest BCUT2D eigenvalue weighted by molar-refractivity contribution is 5.80. The smallest absolute Gasteiger partial charge is 0.157 e. The maximum Gasteiger partial charge on any atom is 0.157 e. The van der Waals surface area contributed by atoms with Gasteiger partial charge >= 0.3 is 0 Å². The van der Waals surface area contributed by atoms with Crippen LogP contribution in [-0.2, 0) is 6.61 Å². The fourth-order valence-corrected chi connectivity index (χ4v) is 4.16. The molecule has 10 nitrogen and oxygen atoms in total. The molecule has 0 spiro atoms.